The molecule has 0 saturated heterocycles. The topological polar surface area (TPSA) is 0 Å². The first kappa shape index (κ1) is 12.5. The maximum absolute atomic E-state index is 5.89. The van der Waals surface area contributed by atoms with Crippen LogP contribution in [0, 0.1) is 0 Å². The summed E-state index contributed by atoms with van der Waals surface area (Å²) in [6.07, 6.45) is 0. The van der Waals surface area contributed by atoms with Gasteiger partial charge >= 0.3 is 0 Å². The molecule has 0 spiro atoms. The van der Waals surface area contributed by atoms with Crippen LogP contribution < -0.4 is 0 Å². The van der Waals surface area contributed by atoms with Gasteiger partial charge in [0.15, 0.2) is 0 Å². The molecule has 5 heteroatoms. The van der Waals surface area contributed by atoms with Crippen LogP contribution in [0.4, 0.5) is 0 Å². The second kappa shape index (κ2) is 5.50. The van der Waals surface area contributed by atoms with E-state index in [4.69, 9.17) is 11.6 Å². The van der Waals surface area contributed by atoms with Gasteiger partial charge in [-0.3, -0.25) is 0 Å². The molecule has 0 saturated carbocycles. The van der Waals surface area contributed by atoms with Crippen LogP contribution in [0.25, 0.3) is 0 Å². The van der Waals surface area contributed by atoms with E-state index in [9.17, 15) is 0 Å². The van der Waals surface area contributed by atoms with Gasteiger partial charge in [-0.25, -0.2) is 0 Å². The third kappa shape index (κ3) is 3.49. The SMILES string of the molecule is Clc1ccc(C(Br)Br)c(C(Br)Br)c1. The summed E-state index contributed by atoms with van der Waals surface area (Å²) in [5, 5.41) is 0.739. The minimum atomic E-state index is 0.117. The summed E-state index contributed by atoms with van der Waals surface area (Å²) in [5.74, 6) is 0. The molecule has 0 aliphatic carbocycles. The van der Waals surface area contributed by atoms with Crippen molar-refractivity contribution in [1.29, 1.82) is 0 Å². The first-order valence-corrected chi connectivity index (χ1v) is 7.42. The molecule has 0 amide bonds. The maximum Gasteiger partial charge on any atom is 0.0950 e. The highest BCUT2D eigenvalue weighted by molar-refractivity contribution is 9.24. The lowest BCUT2D eigenvalue weighted by atomic mass is 10.1. The van der Waals surface area contributed by atoms with Crippen molar-refractivity contribution in [2.45, 2.75) is 7.47 Å². The van der Waals surface area contributed by atoms with Gasteiger partial charge in [0, 0.05) is 5.02 Å². The van der Waals surface area contributed by atoms with Crippen LogP contribution in [0.5, 0.6) is 0 Å². The van der Waals surface area contributed by atoms with Gasteiger partial charge in [0.05, 0.1) is 7.47 Å². The molecule has 1 aromatic rings. The predicted octanol–water partition coefficient (Wildman–Crippen LogP) is 5.92. The molecule has 0 aliphatic rings. The minimum absolute atomic E-state index is 0.117. The quantitative estimate of drug-likeness (QED) is 0.485. The largest absolute Gasteiger partial charge is 0.0950 e. The van der Waals surface area contributed by atoms with Crippen molar-refractivity contribution in [3.05, 3.63) is 34.3 Å². The molecule has 0 nitrogen and oxygen atoms in total. The lowest BCUT2D eigenvalue weighted by Crippen LogP contribution is -1.91. The van der Waals surface area contributed by atoms with Crippen LogP contribution in [0.3, 0.4) is 0 Å². The summed E-state index contributed by atoms with van der Waals surface area (Å²) in [4.78, 5) is 0. The smallest absolute Gasteiger partial charge is 0.0843 e. The average Bonchev–Trinajstić information content (AvgIpc) is 2.03. The maximum atomic E-state index is 5.89. The predicted molar refractivity (Wildman–Crippen MR) is 72.6 cm³/mol. The van der Waals surface area contributed by atoms with Crippen molar-refractivity contribution < 1.29 is 0 Å². The van der Waals surface area contributed by atoms with Crippen LogP contribution in [-0.4, -0.2) is 0 Å². The molecule has 0 unspecified atom stereocenters. The van der Waals surface area contributed by atoms with E-state index in [1.807, 2.05) is 18.2 Å². The first-order valence-electron chi connectivity index (χ1n) is 3.38. The lowest BCUT2D eigenvalue weighted by Gasteiger charge is -2.11. The van der Waals surface area contributed by atoms with E-state index in [1.54, 1.807) is 0 Å². The fraction of sp³-hybridized carbons (Fsp3) is 0.250. The molecule has 0 fully saturated rings. The third-order valence-electron chi connectivity index (χ3n) is 1.52. The van der Waals surface area contributed by atoms with Gasteiger partial charge in [-0.1, -0.05) is 81.4 Å². The Balaban J connectivity index is 3.19. The summed E-state index contributed by atoms with van der Waals surface area (Å²) in [6, 6.07) is 5.79. The normalized spacial score (nSPS) is 11.3. The first-order chi connectivity index (χ1) is 6.02. The summed E-state index contributed by atoms with van der Waals surface area (Å²) < 4.78 is 0.260. The Kier molecular flexibility index (Phi) is 5.28. The van der Waals surface area contributed by atoms with Crippen molar-refractivity contribution in [3.63, 3.8) is 0 Å². The minimum Gasteiger partial charge on any atom is -0.0843 e. The number of benzene rings is 1. The van der Waals surface area contributed by atoms with E-state index in [1.165, 1.54) is 0 Å². The molecular weight excluding hydrogens is 451 g/mol. The molecule has 1 aromatic carbocycles. The summed E-state index contributed by atoms with van der Waals surface area (Å²) in [6.45, 7) is 0. The Hall–Kier alpha value is 1.43. The van der Waals surface area contributed by atoms with E-state index in [-0.39, 0.29) is 7.47 Å². The van der Waals surface area contributed by atoms with Gasteiger partial charge in [-0.05, 0) is 23.3 Å². The van der Waals surface area contributed by atoms with Crippen LogP contribution >= 0.6 is 75.3 Å². The van der Waals surface area contributed by atoms with E-state index in [0.717, 1.165) is 16.1 Å². The van der Waals surface area contributed by atoms with E-state index in [0.29, 0.717) is 0 Å². The van der Waals surface area contributed by atoms with E-state index >= 15 is 0 Å². The summed E-state index contributed by atoms with van der Waals surface area (Å²) in [5.41, 5.74) is 2.27. The monoisotopic (exact) mass is 452 g/mol. The summed E-state index contributed by atoms with van der Waals surface area (Å²) in [7, 11) is 0. The summed E-state index contributed by atoms with van der Waals surface area (Å²) >= 11 is 19.7. The highest BCUT2D eigenvalue weighted by atomic mass is 79.9. The van der Waals surface area contributed by atoms with Crippen molar-refractivity contribution in [2.75, 3.05) is 0 Å². The molecule has 0 radical (unpaired) electrons. The second-order valence-corrected chi connectivity index (χ2v) is 8.93. The molecule has 0 aliphatic heterocycles. The molecule has 0 bridgehead atoms. The van der Waals surface area contributed by atoms with E-state index < -0.39 is 0 Å². The van der Waals surface area contributed by atoms with Crippen molar-refractivity contribution in [3.8, 4) is 0 Å². The molecular formula is C8H5Br4Cl. The number of hydrogen-bond donors (Lipinski definition) is 0. The van der Waals surface area contributed by atoms with Crippen LogP contribution in [0.15, 0.2) is 18.2 Å². The molecule has 1 rings (SSSR count). The second-order valence-electron chi connectivity index (χ2n) is 2.37. The van der Waals surface area contributed by atoms with Crippen molar-refractivity contribution in [2.24, 2.45) is 0 Å². The highest BCUT2D eigenvalue weighted by Gasteiger charge is 2.13. The van der Waals surface area contributed by atoms with Crippen LogP contribution in [0.1, 0.15) is 18.6 Å². The van der Waals surface area contributed by atoms with Crippen LogP contribution in [-0.2, 0) is 0 Å². The number of alkyl halides is 4. The Bertz CT molecular complexity index is 298. The zero-order valence-electron chi connectivity index (χ0n) is 6.28. The van der Waals surface area contributed by atoms with Gasteiger partial charge in [-0.15, -0.1) is 0 Å². The van der Waals surface area contributed by atoms with Gasteiger partial charge in [0.25, 0.3) is 0 Å². The Morgan fingerprint density at radius 2 is 1.46 bits per heavy atom. The van der Waals surface area contributed by atoms with E-state index in [2.05, 4.69) is 63.7 Å². The zero-order valence-corrected chi connectivity index (χ0v) is 13.4. The fourth-order valence-electron chi connectivity index (χ4n) is 0.933. The zero-order chi connectivity index (χ0) is 10.0. The van der Waals surface area contributed by atoms with Crippen molar-refractivity contribution >= 4 is 75.3 Å². The molecule has 0 N–H and O–H groups in total. The Morgan fingerprint density at radius 3 is 1.92 bits per heavy atom. The standard InChI is InChI=1S/C8H5Br4Cl/c9-7(10)5-2-1-4(13)3-6(5)8(11)12/h1-3,7-8H. The van der Waals surface area contributed by atoms with Gasteiger partial charge in [-0.2, -0.15) is 0 Å². The Labute approximate surface area is 116 Å². The average molecular weight is 456 g/mol. The fourth-order valence-corrected chi connectivity index (χ4v) is 2.74. The molecule has 0 aromatic heterocycles. The molecule has 0 heterocycles. The van der Waals surface area contributed by atoms with Crippen molar-refractivity contribution in [1.82, 2.24) is 0 Å². The number of rotatable bonds is 2. The molecule has 72 valence electrons. The Morgan fingerprint density at radius 1 is 0.923 bits per heavy atom. The lowest BCUT2D eigenvalue weighted by molar-refractivity contribution is 1.29. The third-order valence-corrected chi connectivity index (χ3v) is 3.73. The number of halogens is 5. The number of hydrogen-bond acceptors (Lipinski definition) is 0. The van der Waals surface area contributed by atoms with Gasteiger partial charge in [0.2, 0.25) is 0 Å². The molecule has 13 heavy (non-hydrogen) atoms. The molecule has 0 atom stereocenters. The van der Waals surface area contributed by atoms with Crippen LogP contribution in [0.2, 0.25) is 5.02 Å². The van der Waals surface area contributed by atoms with Gasteiger partial charge in [0.1, 0.15) is 0 Å². The van der Waals surface area contributed by atoms with Gasteiger partial charge < -0.3 is 0 Å². The highest BCUT2D eigenvalue weighted by Crippen LogP contribution is 2.40.